The van der Waals surface area contributed by atoms with E-state index in [1.165, 1.54) is 11.3 Å². The highest BCUT2D eigenvalue weighted by atomic mass is 32.1. The Hall–Kier alpha value is -1.72. The topological polar surface area (TPSA) is 62.2 Å². The van der Waals surface area contributed by atoms with Crippen molar-refractivity contribution in [3.63, 3.8) is 0 Å². The molecule has 0 aliphatic rings. The van der Waals surface area contributed by atoms with Gasteiger partial charge in [0.25, 0.3) is 0 Å². The fourth-order valence-electron chi connectivity index (χ4n) is 1.60. The van der Waals surface area contributed by atoms with Gasteiger partial charge in [-0.1, -0.05) is 6.07 Å². The summed E-state index contributed by atoms with van der Waals surface area (Å²) in [6.07, 6.45) is 0. The molecule has 2 heterocycles. The van der Waals surface area contributed by atoms with E-state index in [0.29, 0.717) is 18.0 Å². The van der Waals surface area contributed by atoms with Gasteiger partial charge in [0.2, 0.25) is 0 Å². The van der Waals surface area contributed by atoms with Crippen LogP contribution >= 0.6 is 11.3 Å². The number of nitrogens with one attached hydrogen (secondary N) is 1. The van der Waals surface area contributed by atoms with Crippen molar-refractivity contribution in [2.24, 2.45) is 0 Å². The Labute approximate surface area is 109 Å². The van der Waals surface area contributed by atoms with E-state index in [-0.39, 0.29) is 0 Å². The molecular weight excluding hydrogens is 248 g/mol. The first-order valence-corrected chi connectivity index (χ1v) is 6.42. The third-order valence-corrected chi connectivity index (χ3v) is 3.50. The van der Waals surface area contributed by atoms with E-state index in [1.54, 1.807) is 6.07 Å². The number of aryl methyl sites for hydroxylation is 1. The molecule has 0 bridgehead atoms. The third-order valence-electron chi connectivity index (χ3n) is 2.42. The second kappa shape index (κ2) is 5.75. The molecule has 0 unspecified atom stereocenters. The van der Waals surface area contributed by atoms with Gasteiger partial charge in [-0.2, -0.15) is 0 Å². The van der Waals surface area contributed by atoms with Crippen molar-refractivity contribution in [2.75, 3.05) is 0 Å². The Kier molecular flexibility index (Phi) is 4.07. The number of thiophene rings is 1. The molecular formula is C13H14N2O2S. The monoisotopic (exact) mass is 262 g/mol. The third kappa shape index (κ3) is 3.38. The molecule has 0 amide bonds. The Morgan fingerprint density at radius 1 is 1.33 bits per heavy atom. The van der Waals surface area contributed by atoms with E-state index in [2.05, 4.69) is 10.3 Å². The Morgan fingerprint density at radius 3 is 2.83 bits per heavy atom. The van der Waals surface area contributed by atoms with Gasteiger partial charge in [0.05, 0.1) is 5.69 Å². The summed E-state index contributed by atoms with van der Waals surface area (Å²) in [4.78, 5) is 16.5. The van der Waals surface area contributed by atoms with Crippen LogP contribution in [0.25, 0.3) is 0 Å². The molecule has 2 aromatic rings. The molecule has 0 aliphatic carbocycles. The van der Waals surface area contributed by atoms with Crippen LogP contribution in [0.5, 0.6) is 0 Å². The molecule has 0 fully saturated rings. The first-order chi connectivity index (χ1) is 8.65. The molecule has 0 aromatic carbocycles. The molecule has 0 saturated heterocycles. The summed E-state index contributed by atoms with van der Waals surface area (Å²) >= 11 is 1.30. The summed E-state index contributed by atoms with van der Waals surface area (Å²) in [6.45, 7) is 3.30. The number of carbonyl (C=O) groups is 1. The molecule has 2 rings (SSSR count). The zero-order chi connectivity index (χ0) is 13.0. The number of carboxylic acids is 1. The van der Waals surface area contributed by atoms with Gasteiger partial charge in [0.15, 0.2) is 0 Å². The van der Waals surface area contributed by atoms with E-state index in [9.17, 15) is 4.79 Å². The van der Waals surface area contributed by atoms with Crippen LogP contribution in [0, 0.1) is 6.92 Å². The van der Waals surface area contributed by atoms with Gasteiger partial charge in [0.1, 0.15) is 4.88 Å². The maximum atomic E-state index is 10.7. The number of hydrogen-bond acceptors (Lipinski definition) is 4. The zero-order valence-corrected chi connectivity index (χ0v) is 10.8. The first kappa shape index (κ1) is 12.7. The number of hydrogen-bond donors (Lipinski definition) is 2. The number of pyridine rings is 1. The summed E-state index contributed by atoms with van der Waals surface area (Å²) < 4.78 is 0. The van der Waals surface area contributed by atoms with E-state index >= 15 is 0 Å². The largest absolute Gasteiger partial charge is 0.477 e. The fourth-order valence-corrected chi connectivity index (χ4v) is 2.42. The quantitative estimate of drug-likeness (QED) is 0.868. The standard InChI is InChI=1S/C13H14N2O2S/c1-9-3-2-4-10(15-9)7-14-8-11-5-6-12(18-11)13(16)17/h2-6,14H,7-8H2,1H3,(H,16,17). The average Bonchev–Trinajstić information content (AvgIpc) is 2.78. The molecule has 0 spiro atoms. The zero-order valence-electron chi connectivity index (χ0n) is 10.0. The molecule has 5 heteroatoms. The molecule has 0 aliphatic heterocycles. The van der Waals surface area contributed by atoms with E-state index < -0.39 is 5.97 Å². The smallest absolute Gasteiger partial charge is 0.345 e. The van der Waals surface area contributed by atoms with Gasteiger partial charge in [0, 0.05) is 23.7 Å². The lowest BCUT2D eigenvalue weighted by Crippen LogP contribution is -2.13. The van der Waals surface area contributed by atoms with Crippen LogP contribution in [0.4, 0.5) is 0 Å². The highest BCUT2D eigenvalue weighted by Crippen LogP contribution is 2.16. The summed E-state index contributed by atoms with van der Waals surface area (Å²) in [5.41, 5.74) is 1.99. The molecule has 18 heavy (non-hydrogen) atoms. The normalized spacial score (nSPS) is 10.5. The van der Waals surface area contributed by atoms with E-state index in [4.69, 9.17) is 5.11 Å². The van der Waals surface area contributed by atoms with Crippen molar-refractivity contribution in [2.45, 2.75) is 20.0 Å². The van der Waals surface area contributed by atoms with Crippen molar-refractivity contribution >= 4 is 17.3 Å². The minimum Gasteiger partial charge on any atom is -0.477 e. The highest BCUT2D eigenvalue weighted by molar-refractivity contribution is 7.13. The van der Waals surface area contributed by atoms with Crippen molar-refractivity contribution in [1.29, 1.82) is 0 Å². The molecule has 0 atom stereocenters. The predicted octanol–water partition coefficient (Wildman–Crippen LogP) is 2.44. The van der Waals surface area contributed by atoms with E-state index in [0.717, 1.165) is 16.3 Å². The number of carboxylic acid groups (broad SMARTS) is 1. The summed E-state index contributed by atoms with van der Waals surface area (Å²) in [5.74, 6) is -0.869. The fraction of sp³-hybridized carbons (Fsp3) is 0.231. The lowest BCUT2D eigenvalue weighted by atomic mass is 10.3. The Morgan fingerprint density at radius 2 is 2.17 bits per heavy atom. The van der Waals surface area contributed by atoms with E-state index in [1.807, 2.05) is 31.2 Å². The van der Waals surface area contributed by atoms with Gasteiger partial charge < -0.3 is 10.4 Å². The summed E-state index contributed by atoms with van der Waals surface area (Å²) in [5, 5.41) is 12.1. The van der Waals surface area contributed by atoms with Crippen molar-refractivity contribution in [3.05, 3.63) is 51.5 Å². The molecule has 0 radical (unpaired) electrons. The molecule has 4 nitrogen and oxygen atoms in total. The predicted molar refractivity (Wildman–Crippen MR) is 70.8 cm³/mol. The Balaban J connectivity index is 1.86. The molecule has 0 saturated carbocycles. The van der Waals surface area contributed by atoms with Crippen LogP contribution in [0.2, 0.25) is 0 Å². The molecule has 2 aromatic heterocycles. The maximum absolute atomic E-state index is 10.7. The Bertz CT molecular complexity index is 551. The van der Waals surface area contributed by atoms with Crippen LogP contribution in [0.3, 0.4) is 0 Å². The van der Waals surface area contributed by atoms with Gasteiger partial charge in [-0.3, -0.25) is 4.98 Å². The number of aromatic nitrogens is 1. The minimum absolute atomic E-state index is 0.375. The van der Waals surface area contributed by atoms with Crippen molar-refractivity contribution in [3.8, 4) is 0 Å². The minimum atomic E-state index is -0.869. The van der Waals surface area contributed by atoms with Gasteiger partial charge >= 0.3 is 5.97 Å². The lowest BCUT2D eigenvalue weighted by molar-refractivity contribution is 0.0702. The van der Waals surface area contributed by atoms with Gasteiger partial charge in [-0.05, 0) is 31.2 Å². The number of nitrogens with zero attached hydrogens (tertiary/aromatic N) is 1. The number of aromatic carboxylic acids is 1. The average molecular weight is 262 g/mol. The second-order valence-electron chi connectivity index (χ2n) is 3.94. The van der Waals surface area contributed by atoms with Crippen LogP contribution in [-0.4, -0.2) is 16.1 Å². The molecule has 2 N–H and O–H groups in total. The van der Waals surface area contributed by atoms with Gasteiger partial charge in [-0.25, -0.2) is 4.79 Å². The van der Waals surface area contributed by atoms with Crippen LogP contribution in [-0.2, 0) is 13.1 Å². The lowest BCUT2D eigenvalue weighted by Gasteiger charge is -2.03. The van der Waals surface area contributed by atoms with Crippen LogP contribution in [0.1, 0.15) is 25.9 Å². The van der Waals surface area contributed by atoms with Crippen LogP contribution in [0.15, 0.2) is 30.3 Å². The summed E-state index contributed by atoms with van der Waals surface area (Å²) in [6, 6.07) is 9.38. The first-order valence-electron chi connectivity index (χ1n) is 5.60. The SMILES string of the molecule is Cc1cccc(CNCc2ccc(C(=O)O)s2)n1. The summed E-state index contributed by atoms with van der Waals surface area (Å²) in [7, 11) is 0. The highest BCUT2D eigenvalue weighted by Gasteiger charge is 2.06. The van der Waals surface area contributed by atoms with Crippen molar-refractivity contribution in [1.82, 2.24) is 10.3 Å². The van der Waals surface area contributed by atoms with Crippen LogP contribution < -0.4 is 5.32 Å². The number of rotatable bonds is 5. The maximum Gasteiger partial charge on any atom is 0.345 e. The van der Waals surface area contributed by atoms with Crippen molar-refractivity contribution < 1.29 is 9.90 Å². The molecule has 94 valence electrons. The van der Waals surface area contributed by atoms with Gasteiger partial charge in [-0.15, -0.1) is 11.3 Å². The second-order valence-corrected chi connectivity index (χ2v) is 5.11.